The van der Waals surface area contributed by atoms with Crippen LogP contribution in [0.15, 0.2) is 0 Å². The predicted octanol–water partition coefficient (Wildman–Crippen LogP) is 1.09. The van der Waals surface area contributed by atoms with Crippen molar-refractivity contribution in [2.24, 2.45) is 5.73 Å². The van der Waals surface area contributed by atoms with E-state index in [9.17, 15) is 4.79 Å². The van der Waals surface area contributed by atoms with E-state index in [0.717, 1.165) is 11.4 Å². The van der Waals surface area contributed by atoms with Crippen LogP contribution in [0.4, 0.5) is 0 Å². The Kier molecular flexibility index (Phi) is 3.75. The number of rotatable bonds is 4. The highest BCUT2D eigenvalue weighted by Crippen LogP contribution is 2.24. The number of nitrogens with zero attached hydrogens (tertiary/aromatic N) is 2. The maximum atomic E-state index is 12.3. The third-order valence-electron chi connectivity index (χ3n) is 3.39. The number of Topliss-reactive ketones (excluding diaryl/α,β-unsaturated/α-hetero) is 1. The highest BCUT2D eigenvalue weighted by molar-refractivity contribution is 6.32. The van der Waals surface area contributed by atoms with Crippen molar-refractivity contribution in [2.75, 3.05) is 13.2 Å². The van der Waals surface area contributed by atoms with Crippen LogP contribution < -0.4 is 5.73 Å². The molecule has 2 N–H and O–H groups in total. The second-order valence-corrected chi connectivity index (χ2v) is 5.10. The molecule has 0 saturated carbocycles. The average molecular weight is 272 g/mol. The summed E-state index contributed by atoms with van der Waals surface area (Å²) < 4.78 is 6.97. The van der Waals surface area contributed by atoms with Gasteiger partial charge < -0.3 is 10.5 Å². The molecule has 1 atom stereocenters. The van der Waals surface area contributed by atoms with Gasteiger partial charge in [0.05, 0.1) is 29.4 Å². The zero-order valence-corrected chi connectivity index (χ0v) is 11.5. The number of ketones is 1. The Balaban J connectivity index is 2.21. The Morgan fingerprint density at radius 3 is 2.94 bits per heavy atom. The second kappa shape index (κ2) is 4.99. The molecule has 0 bridgehead atoms. The molecular formula is C12H18ClN3O2. The van der Waals surface area contributed by atoms with Crippen LogP contribution in [0.25, 0.3) is 0 Å². The molecule has 100 valence electrons. The summed E-state index contributed by atoms with van der Waals surface area (Å²) in [5.41, 5.74) is 6.68. The topological polar surface area (TPSA) is 70.1 Å². The SMILES string of the molecule is CCn1nc(C)c(Cl)c1CC(=O)C1(N)CCOC1. The zero-order valence-electron chi connectivity index (χ0n) is 10.7. The van der Waals surface area contributed by atoms with Crippen LogP contribution in [-0.2, 0) is 22.5 Å². The highest BCUT2D eigenvalue weighted by atomic mass is 35.5. The van der Waals surface area contributed by atoms with Crippen LogP contribution in [0.5, 0.6) is 0 Å². The average Bonchev–Trinajstić information content (AvgIpc) is 2.89. The molecule has 1 aromatic rings. The Hall–Kier alpha value is -0.910. The van der Waals surface area contributed by atoms with Gasteiger partial charge >= 0.3 is 0 Å². The third-order valence-corrected chi connectivity index (χ3v) is 3.88. The van der Waals surface area contributed by atoms with E-state index in [-0.39, 0.29) is 12.2 Å². The smallest absolute Gasteiger partial charge is 0.161 e. The molecule has 1 aromatic heterocycles. The molecule has 0 amide bonds. The van der Waals surface area contributed by atoms with Gasteiger partial charge in [0.25, 0.3) is 0 Å². The summed E-state index contributed by atoms with van der Waals surface area (Å²) in [7, 11) is 0. The molecule has 1 aliphatic rings. The van der Waals surface area contributed by atoms with Gasteiger partial charge in [-0.05, 0) is 20.3 Å². The van der Waals surface area contributed by atoms with Crippen LogP contribution in [-0.4, -0.2) is 34.3 Å². The van der Waals surface area contributed by atoms with Crippen LogP contribution >= 0.6 is 11.6 Å². The van der Waals surface area contributed by atoms with E-state index >= 15 is 0 Å². The van der Waals surface area contributed by atoms with Crippen molar-refractivity contribution in [1.82, 2.24) is 9.78 Å². The third kappa shape index (κ3) is 2.30. The Morgan fingerprint density at radius 2 is 2.39 bits per heavy atom. The van der Waals surface area contributed by atoms with Crippen molar-refractivity contribution in [3.8, 4) is 0 Å². The summed E-state index contributed by atoms with van der Waals surface area (Å²) >= 11 is 6.18. The first-order valence-corrected chi connectivity index (χ1v) is 6.47. The second-order valence-electron chi connectivity index (χ2n) is 4.72. The van der Waals surface area contributed by atoms with Crippen molar-refractivity contribution >= 4 is 17.4 Å². The maximum Gasteiger partial charge on any atom is 0.161 e. The molecule has 0 aromatic carbocycles. The summed E-state index contributed by atoms with van der Waals surface area (Å²) in [5.74, 6) is -0.0310. The summed E-state index contributed by atoms with van der Waals surface area (Å²) in [5, 5.41) is 4.85. The van der Waals surface area contributed by atoms with E-state index in [1.807, 2.05) is 13.8 Å². The van der Waals surface area contributed by atoms with Gasteiger partial charge in [0.1, 0.15) is 5.54 Å². The van der Waals surface area contributed by atoms with E-state index in [4.69, 9.17) is 22.1 Å². The lowest BCUT2D eigenvalue weighted by Gasteiger charge is -2.20. The lowest BCUT2D eigenvalue weighted by molar-refractivity contribution is -0.123. The molecule has 0 aliphatic carbocycles. The van der Waals surface area contributed by atoms with Gasteiger partial charge in [0, 0.05) is 13.2 Å². The van der Waals surface area contributed by atoms with E-state index in [0.29, 0.717) is 31.2 Å². The van der Waals surface area contributed by atoms with Gasteiger partial charge in [-0.1, -0.05) is 11.6 Å². The fraction of sp³-hybridized carbons (Fsp3) is 0.667. The number of hydrogen-bond donors (Lipinski definition) is 1. The molecule has 18 heavy (non-hydrogen) atoms. The summed E-state index contributed by atoms with van der Waals surface area (Å²) in [6.07, 6.45) is 0.788. The largest absolute Gasteiger partial charge is 0.379 e. The molecule has 0 spiro atoms. The number of aromatic nitrogens is 2. The maximum absolute atomic E-state index is 12.3. The molecule has 1 saturated heterocycles. The molecule has 1 aliphatic heterocycles. The summed E-state index contributed by atoms with van der Waals surface area (Å²) in [4.78, 5) is 12.3. The van der Waals surface area contributed by atoms with Crippen molar-refractivity contribution in [3.63, 3.8) is 0 Å². The minimum Gasteiger partial charge on any atom is -0.379 e. The van der Waals surface area contributed by atoms with E-state index in [2.05, 4.69) is 5.10 Å². The molecule has 1 unspecified atom stereocenters. The monoisotopic (exact) mass is 271 g/mol. The zero-order chi connectivity index (χ0) is 13.3. The molecule has 2 heterocycles. The minimum absolute atomic E-state index is 0.0310. The summed E-state index contributed by atoms with van der Waals surface area (Å²) in [6.45, 7) is 5.32. The van der Waals surface area contributed by atoms with Gasteiger partial charge in [-0.25, -0.2) is 0 Å². The molecule has 2 rings (SSSR count). The first-order valence-electron chi connectivity index (χ1n) is 6.09. The van der Waals surface area contributed by atoms with Crippen molar-refractivity contribution in [1.29, 1.82) is 0 Å². The summed E-state index contributed by atoms with van der Waals surface area (Å²) in [6, 6.07) is 0. The standard InChI is InChI=1S/C12H18ClN3O2/c1-3-16-9(11(13)8(2)15-16)6-10(17)12(14)4-5-18-7-12/h3-7,14H2,1-2H3. The molecule has 0 radical (unpaired) electrons. The first-order chi connectivity index (χ1) is 8.48. The molecule has 5 nitrogen and oxygen atoms in total. The van der Waals surface area contributed by atoms with E-state index in [1.54, 1.807) is 4.68 Å². The van der Waals surface area contributed by atoms with Gasteiger partial charge in [0.2, 0.25) is 0 Å². The quantitative estimate of drug-likeness (QED) is 0.890. The van der Waals surface area contributed by atoms with Crippen molar-refractivity contribution in [3.05, 3.63) is 16.4 Å². The normalized spacial score (nSPS) is 23.6. The minimum atomic E-state index is -0.861. The fourth-order valence-corrected chi connectivity index (χ4v) is 2.37. The number of carbonyl (C=O) groups is 1. The van der Waals surface area contributed by atoms with E-state index < -0.39 is 5.54 Å². The Morgan fingerprint density at radius 1 is 1.67 bits per heavy atom. The van der Waals surface area contributed by atoms with Gasteiger partial charge in [-0.3, -0.25) is 9.48 Å². The predicted molar refractivity (Wildman–Crippen MR) is 68.7 cm³/mol. The fourth-order valence-electron chi connectivity index (χ4n) is 2.17. The molecular weight excluding hydrogens is 254 g/mol. The number of aryl methyl sites for hydroxylation is 2. The number of nitrogens with two attached hydrogens (primary N) is 1. The van der Waals surface area contributed by atoms with Crippen molar-refractivity contribution < 1.29 is 9.53 Å². The number of carbonyl (C=O) groups excluding carboxylic acids is 1. The number of halogens is 1. The lowest BCUT2D eigenvalue weighted by Crippen LogP contribution is -2.49. The first kappa shape index (κ1) is 13.5. The van der Waals surface area contributed by atoms with Gasteiger partial charge in [-0.2, -0.15) is 5.10 Å². The number of ether oxygens (including phenoxy) is 1. The van der Waals surface area contributed by atoms with Crippen molar-refractivity contribution in [2.45, 2.75) is 38.8 Å². The van der Waals surface area contributed by atoms with Crippen LogP contribution in [0.2, 0.25) is 5.02 Å². The molecule has 6 heteroatoms. The van der Waals surface area contributed by atoms with Crippen LogP contribution in [0.1, 0.15) is 24.7 Å². The van der Waals surface area contributed by atoms with Crippen LogP contribution in [0.3, 0.4) is 0 Å². The lowest BCUT2D eigenvalue weighted by atomic mass is 9.91. The highest BCUT2D eigenvalue weighted by Gasteiger charge is 2.38. The Labute approximate surface area is 111 Å². The number of hydrogen-bond acceptors (Lipinski definition) is 4. The van der Waals surface area contributed by atoms with Gasteiger partial charge in [-0.15, -0.1) is 0 Å². The van der Waals surface area contributed by atoms with E-state index in [1.165, 1.54) is 0 Å². The molecule has 1 fully saturated rings. The van der Waals surface area contributed by atoms with Gasteiger partial charge in [0.15, 0.2) is 5.78 Å². The Bertz CT molecular complexity index is 464. The van der Waals surface area contributed by atoms with Crippen LogP contribution in [0, 0.1) is 6.92 Å².